The molecule has 138 valence electrons. The Labute approximate surface area is 156 Å². The van der Waals surface area contributed by atoms with Gasteiger partial charge in [0.25, 0.3) is 10.0 Å². The molecule has 3 aromatic rings. The number of nitrogens with one attached hydrogen (secondary N) is 2. The van der Waals surface area contributed by atoms with Gasteiger partial charge in [-0.05, 0) is 43.7 Å². The van der Waals surface area contributed by atoms with E-state index in [-0.39, 0.29) is 4.21 Å². The second kappa shape index (κ2) is 7.00. The van der Waals surface area contributed by atoms with Gasteiger partial charge in [-0.2, -0.15) is 5.10 Å². The third-order valence-corrected chi connectivity index (χ3v) is 6.93. The molecule has 2 heterocycles. The van der Waals surface area contributed by atoms with Crippen LogP contribution in [-0.4, -0.2) is 32.8 Å². The van der Waals surface area contributed by atoms with Crippen LogP contribution < -0.4 is 14.2 Å². The van der Waals surface area contributed by atoms with Gasteiger partial charge < -0.3 is 9.47 Å². The highest BCUT2D eigenvalue weighted by atomic mass is 32.2. The van der Waals surface area contributed by atoms with Crippen molar-refractivity contribution in [3.63, 3.8) is 0 Å². The first kappa shape index (κ1) is 18.3. The number of rotatable bonds is 6. The monoisotopic (exact) mass is 393 g/mol. The Kier molecular flexibility index (Phi) is 4.92. The fraction of sp³-hybridized carbons (Fsp3) is 0.235. The summed E-state index contributed by atoms with van der Waals surface area (Å²) in [6.07, 6.45) is 0. The summed E-state index contributed by atoms with van der Waals surface area (Å²) >= 11 is 1.17. The Bertz CT molecular complexity index is 1040. The van der Waals surface area contributed by atoms with Crippen LogP contribution in [-0.2, 0) is 10.0 Å². The molecule has 0 fully saturated rings. The first-order chi connectivity index (χ1) is 12.4. The largest absolute Gasteiger partial charge is 0.493 e. The van der Waals surface area contributed by atoms with E-state index in [1.807, 2.05) is 13.8 Å². The summed E-state index contributed by atoms with van der Waals surface area (Å²) in [6.45, 7) is 3.87. The first-order valence-electron chi connectivity index (χ1n) is 7.72. The maximum Gasteiger partial charge on any atom is 0.271 e. The zero-order chi connectivity index (χ0) is 18.9. The highest BCUT2D eigenvalue weighted by Crippen LogP contribution is 2.34. The molecule has 26 heavy (non-hydrogen) atoms. The number of sulfonamides is 1. The van der Waals surface area contributed by atoms with Gasteiger partial charge >= 0.3 is 0 Å². The van der Waals surface area contributed by atoms with Crippen molar-refractivity contribution in [2.24, 2.45) is 0 Å². The minimum atomic E-state index is -3.72. The summed E-state index contributed by atoms with van der Waals surface area (Å²) in [4.78, 5) is 0.791. The van der Waals surface area contributed by atoms with E-state index in [2.05, 4.69) is 14.9 Å². The average molecular weight is 393 g/mol. The molecule has 0 unspecified atom stereocenters. The van der Waals surface area contributed by atoms with Gasteiger partial charge in [-0.3, -0.25) is 9.82 Å². The third-order valence-electron chi connectivity index (χ3n) is 3.97. The first-order valence-corrected chi connectivity index (χ1v) is 10.0. The average Bonchev–Trinajstić information content (AvgIpc) is 3.23. The number of ether oxygens (including phenoxy) is 2. The number of benzene rings is 1. The lowest BCUT2D eigenvalue weighted by Gasteiger charge is -2.11. The molecular weight excluding hydrogens is 374 g/mol. The maximum atomic E-state index is 12.7. The zero-order valence-corrected chi connectivity index (χ0v) is 16.4. The lowest BCUT2D eigenvalue weighted by molar-refractivity contribution is 0.355. The second-order valence-corrected chi connectivity index (χ2v) is 8.61. The highest BCUT2D eigenvalue weighted by Gasteiger charge is 2.20. The van der Waals surface area contributed by atoms with Crippen LogP contribution in [0.3, 0.4) is 0 Å². The van der Waals surface area contributed by atoms with Crippen molar-refractivity contribution in [3.05, 3.63) is 41.6 Å². The Balaban J connectivity index is 1.89. The van der Waals surface area contributed by atoms with Gasteiger partial charge in [0.1, 0.15) is 9.90 Å². The molecule has 0 bridgehead atoms. The molecule has 2 aromatic heterocycles. The van der Waals surface area contributed by atoms with Crippen molar-refractivity contribution in [3.8, 4) is 22.1 Å². The van der Waals surface area contributed by atoms with Crippen LogP contribution in [0.2, 0.25) is 0 Å². The van der Waals surface area contributed by atoms with Crippen molar-refractivity contribution in [1.29, 1.82) is 0 Å². The van der Waals surface area contributed by atoms with E-state index < -0.39 is 10.0 Å². The number of hydrogen-bond donors (Lipinski definition) is 2. The van der Waals surface area contributed by atoms with Crippen LogP contribution in [0.4, 0.5) is 5.69 Å². The summed E-state index contributed by atoms with van der Waals surface area (Å²) in [5, 5.41) is 7.16. The molecule has 0 radical (unpaired) electrons. The minimum Gasteiger partial charge on any atom is -0.493 e. The van der Waals surface area contributed by atoms with Crippen LogP contribution in [0.1, 0.15) is 11.3 Å². The van der Waals surface area contributed by atoms with Crippen LogP contribution >= 0.6 is 11.3 Å². The van der Waals surface area contributed by atoms with Gasteiger partial charge in [-0.25, -0.2) is 8.42 Å². The second-order valence-electron chi connectivity index (χ2n) is 5.62. The minimum absolute atomic E-state index is 0.210. The summed E-state index contributed by atoms with van der Waals surface area (Å²) in [5.74, 6) is 0.973. The summed E-state index contributed by atoms with van der Waals surface area (Å²) in [5.41, 5.74) is 3.12. The number of H-pyrrole nitrogens is 1. The van der Waals surface area contributed by atoms with E-state index in [1.165, 1.54) is 25.6 Å². The molecule has 0 aliphatic rings. The number of anilines is 1. The van der Waals surface area contributed by atoms with E-state index in [0.717, 1.165) is 21.8 Å². The van der Waals surface area contributed by atoms with Crippen LogP contribution in [0.25, 0.3) is 10.6 Å². The normalized spacial score (nSPS) is 11.4. The number of nitrogens with zero attached hydrogens (tertiary/aromatic N) is 1. The number of aromatic nitrogens is 2. The number of thiophene rings is 1. The lowest BCUT2D eigenvalue weighted by atomic mass is 10.2. The van der Waals surface area contributed by atoms with Crippen molar-refractivity contribution in [2.75, 3.05) is 18.9 Å². The molecule has 2 N–H and O–H groups in total. The summed E-state index contributed by atoms with van der Waals surface area (Å²) < 4.78 is 38.5. The van der Waals surface area contributed by atoms with Gasteiger partial charge in [-0.1, -0.05) is 0 Å². The van der Waals surface area contributed by atoms with Crippen molar-refractivity contribution < 1.29 is 17.9 Å². The predicted octanol–water partition coefficient (Wildman–Crippen LogP) is 3.57. The van der Waals surface area contributed by atoms with E-state index in [1.54, 1.807) is 30.3 Å². The number of methoxy groups -OCH3 is 2. The molecule has 0 saturated carbocycles. The molecular formula is C17H19N3O4S2. The van der Waals surface area contributed by atoms with Gasteiger partial charge in [0.05, 0.1) is 24.8 Å². The SMILES string of the molecule is COc1ccc(NS(=O)(=O)c2ccc(-c3n[nH]c(C)c3C)s2)cc1OC. The predicted molar refractivity (Wildman–Crippen MR) is 102 cm³/mol. The van der Waals surface area contributed by atoms with Crippen LogP contribution in [0.5, 0.6) is 11.5 Å². The molecule has 0 spiro atoms. The maximum absolute atomic E-state index is 12.7. The fourth-order valence-corrected chi connectivity index (χ4v) is 4.82. The molecule has 1 aromatic carbocycles. The third kappa shape index (κ3) is 3.40. The topological polar surface area (TPSA) is 93.3 Å². The molecule has 3 rings (SSSR count). The van der Waals surface area contributed by atoms with Gasteiger partial charge in [-0.15, -0.1) is 11.3 Å². The summed E-state index contributed by atoms with van der Waals surface area (Å²) in [7, 11) is -0.700. The van der Waals surface area contributed by atoms with E-state index in [0.29, 0.717) is 17.2 Å². The number of aromatic amines is 1. The molecule has 0 amide bonds. The Morgan fingerprint density at radius 3 is 2.42 bits per heavy atom. The molecule has 9 heteroatoms. The van der Waals surface area contributed by atoms with Gasteiger partial charge in [0.2, 0.25) is 0 Å². The number of aryl methyl sites for hydroxylation is 1. The van der Waals surface area contributed by atoms with Crippen LogP contribution in [0, 0.1) is 13.8 Å². The van der Waals surface area contributed by atoms with Crippen molar-refractivity contribution in [1.82, 2.24) is 10.2 Å². The van der Waals surface area contributed by atoms with Gasteiger partial charge in [0, 0.05) is 11.8 Å². The smallest absolute Gasteiger partial charge is 0.271 e. The molecule has 0 aliphatic heterocycles. The van der Waals surface area contributed by atoms with E-state index in [4.69, 9.17) is 9.47 Å². The molecule has 0 atom stereocenters. The number of hydrogen-bond acceptors (Lipinski definition) is 6. The molecule has 7 nitrogen and oxygen atoms in total. The Morgan fingerprint density at radius 1 is 1.08 bits per heavy atom. The standard InChI is InChI=1S/C17H19N3O4S2/c1-10-11(2)18-19-17(10)15-7-8-16(25-15)26(21,22)20-12-5-6-13(23-3)14(9-12)24-4/h5-9,20H,1-4H3,(H,18,19). The Hall–Kier alpha value is -2.52. The van der Waals surface area contributed by atoms with Crippen molar-refractivity contribution in [2.45, 2.75) is 18.1 Å². The quantitative estimate of drug-likeness (QED) is 0.668. The van der Waals surface area contributed by atoms with E-state index >= 15 is 0 Å². The fourth-order valence-electron chi connectivity index (χ4n) is 2.42. The highest BCUT2D eigenvalue weighted by molar-refractivity contribution is 7.94. The zero-order valence-electron chi connectivity index (χ0n) is 14.8. The van der Waals surface area contributed by atoms with Gasteiger partial charge in [0.15, 0.2) is 11.5 Å². The lowest BCUT2D eigenvalue weighted by Crippen LogP contribution is -2.11. The Morgan fingerprint density at radius 2 is 1.81 bits per heavy atom. The molecule has 0 saturated heterocycles. The summed E-state index contributed by atoms with van der Waals surface area (Å²) in [6, 6.07) is 8.18. The van der Waals surface area contributed by atoms with Crippen LogP contribution in [0.15, 0.2) is 34.5 Å². The molecule has 0 aliphatic carbocycles. The van der Waals surface area contributed by atoms with E-state index in [9.17, 15) is 8.42 Å². The van der Waals surface area contributed by atoms with Crippen molar-refractivity contribution >= 4 is 27.0 Å².